The van der Waals surface area contributed by atoms with Gasteiger partial charge in [-0.2, -0.15) is 0 Å². The highest BCUT2D eigenvalue weighted by atomic mass is 16.5. The van der Waals surface area contributed by atoms with Crippen LogP contribution in [-0.4, -0.2) is 18.1 Å². The molecule has 1 fully saturated rings. The van der Waals surface area contributed by atoms with Crippen molar-refractivity contribution in [2.45, 2.75) is 58.6 Å². The maximum Gasteiger partial charge on any atom is 0.251 e. The zero-order valence-electron chi connectivity index (χ0n) is 13.2. The monoisotopic (exact) mass is 290 g/mol. The Morgan fingerprint density at radius 2 is 1.95 bits per heavy atom. The lowest BCUT2D eigenvalue weighted by Gasteiger charge is -2.27. The highest BCUT2D eigenvalue weighted by molar-refractivity contribution is 5.95. The number of anilines is 1. The molecule has 4 heteroatoms. The highest BCUT2D eigenvalue weighted by Crippen LogP contribution is 2.25. The van der Waals surface area contributed by atoms with E-state index >= 15 is 0 Å². The zero-order valence-corrected chi connectivity index (χ0v) is 13.2. The molecule has 0 unspecified atom stereocenters. The van der Waals surface area contributed by atoms with Crippen molar-refractivity contribution in [2.24, 2.45) is 5.92 Å². The van der Waals surface area contributed by atoms with Gasteiger partial charge in [-0.25, -0.2) is 0 Å². The molecule has 1 amide bonds. The average Bonchev–Trinajstić information content (AvgIpc) is 2.43. The van der Waals surface area contributed by atoms with E-state index in [-0.39, 0.29) is 12.0 Å². The van der Waals surface area contributed by atoms with Gasteiger partial charge in [0.1, 0.15) is 5.75 Å². The third kappa shape index (κ3) is 4.38. The maximum absolute atomic E-state index is 12.3. The van der Waals surface area contributed by atoms with E-state index in [9.17, 15) is 4.79 Å². The van der Waals surface area contributed by atoms with Crippen molar-refractivity contribution in [3.63, 3.8) is 0 Å². The second-order valence-electron chi connectivity index (χ2n) is 6.35. The van der Waals surface area contributed by atoms with Gasteiger partial charge < -0.3 is 15.8 Å². The summed E-state index contributed by atoms with van der Waals surface area (Å²) in [4.78, 5) is 12.3. The third-order valence-corrected chi connectivity index (χ3v) is 3.99. The molecule has 0 atom stereocenters. The Hall–Kier alpha value is -1.71. The molecule has 1 aliphatic rings. The molecule has 1 aliphatic carbocycles. The van der Waals surface area contributed by atoms with Crippen LogP contribution >= 0.6 is 0 Å². The molecule has 0 saturated heterocycles. The van der Waals surface area contributed by atoms with Gasteiger partial charge in [-0.15, -0.1) is 0 Å². The molecule has 0 aromatic heterocycles. The van der Waals surface area contributed by atoms with Crippen LogP contribution in [0.25, 0.3) is 0 Å². The Kier molecular flexibility index (Phi) is 5.10. The second kappa shape index (κ2) is 6.83. The molecule has 0 bridgehead atoms. The van der Waals surface area contributed by atoms with E-state index < -0.39 is 0 Å². The summed E-state index contributed by atoms with van der Waals surface area (Å²) in [5.41, 5.74) is 7.06. The molecule has 2 rings (SSSR count). The van der Waals surface area contributed by atoms with Crippen LogP contribution in [0.15, 0.2) is 18.2 Å². The first-order chi connectivity index (χ1) is 9.95. The van der Waals surface area contributed by atoms with Crippen molar-refractivity contribution in [1.82, 2.24) is 5.32 Å². The number of nitrogens with one attached hydrogen (secondary N) is 1. The first-order valence-electron chi connectivity index (χ1n) is 7.82. The Morgan fingerprint density at radius 3 is 2.52 bits per heavy atom. The van der Waals surface area contributed by atoms with Crippen LogP contribution in [0, 0.1) is 5.92 Å². The van der Waals surface area contributed by atoms with Crippen molar-refractivity contribution in [1.29, 1.82) is 0 Å². The highest BCUT2D eigenvalue weighted by Gasteiger charge is 2.20. The molecule has 3 N–H and O–H groups in total. The summed E-state index contributed by atoms with van der Waals surface area (Å²) in [7, 11) is 0. The quantitative estimate of drug-likeness (QED) is 0.836. The van der Waals surface area contributed by atoms with Gasteiger partial charge in [-0.1, -0.05) is 6.92 Å². The number of ether oxygens (including phenoxy) is 1. The molecule has 116 valence electrons. The molecule has 1 aromatic rings. The number of benzene rings is 1. The lowest BCUT2D eigenvalue weighted by molar-refractivity contribution is 0.0923. The van der Waals surface area contributed by atoms with Crippen LogP contribution in [0.5, 0.6) is 5.75 Å². The molecule has 1 saturated carbocycles. The van der Waals surface area contributed by atoms with E-state index in [1.54, 1.807) is 18.2 Å². The molecule has 4 nitrogen and oxygen atoms in total. The lowest BCUT2D eigenvalue weighted by Crippen LogP contribution is -2.37. The van der Waals surface area contributed by atoms with Crippen molar-refractivity contribution in [3.8, 4) is 5.75 Å². The number of amides is 1. The first kappa shape index (κ1) is 15.7. The van der Waals surface area contributed by atoms with Gasteiger partial charge in [-0.3, -0.25) is 4.79 Å². The second-order valence-corrected chi connectivity index (χ2v) is 6.35. The molecule has 1 aromatic carbocycles. The number of rotatable bonds is 4. The van der Waals surface area contributed by atoms with Gasteiger partial charge in [0.2, 0.25) is 0 Å². The van der Waals surface area contributed by atoms with E-state index in [2.05, 4.69) is 12.2 Å². The standard InChI is InChI=1S/C17H26N2O2/c1-11(2)21-16-9-6-13(10-15(16)18)17(20)19-14-7-4-12(3)5-8-14/h6,9-12,14H,4-5,7-8,18H2,1-3H3,(H,19,20). The van der Waals surface area contributed by atoms with Gasteiger partial charge in [-0.05, 0) is 63.6 Å². The summed E-state index contributed by atoms with van der Waals surface area (Å²) in [6.45, 7) is 6.17. The number of hydrogen-bond acceptors (Lipinski definition) is 3. The minimum Gasteiger partial charge on any atom is -0.489 e. The Balaban J connectivity index is 1.98. The third-order valence-electron chi connectivity index (χ3n) is 3.99. The SMILES string of the molecule is CC1CCC(NC(=O)c2ccc(OC(C)C)c(N)c2)CC1. The van der Waals surface area contributed by atoms with Crippen LogP contribution in [0.4, 0.5) is 5.69 Å². The first-order valence-corrected chi connectivity index (χ1v) is 7.82. The fourth-order valence-electron chi connectivity index (χ4n) is 2.72. The van der Waals surface area contributed by atoms with Crippen molar-refractivity contribution in [3.05, 3.63) is 23.8 Å². The Morgan fingerprint density at radius 1 is 1.29 bits per heavy atom. The smallest absolute Gasteiger partial charge is 0.251 e. The molecule has 21 heavy (non-hydrogen) atoms. The number of hydrogen-bond donors (Lipinski definition) is 2. The molecule has 0 spiro atoms. The molecule has 0 aliphatic heterocycles. The topological polar surface area (TPSA) is 64.3 Å². The Labute approximate surface area is 127 Å². The van der Waals surface area contributed by atoms with Gasteiger partial charge in [0.25, 0.3) is 5.91 Å². The predicted octanol–water partition coefficient (Wildman–Crippen LogP) is 3.36. The minimum atomic E-state index is -0.0441. The molecule has 0 radical (unpaired) electrons. The van der Waals surface area contributed by atoms with E-state index in [1.807, 2.05) is 13.8 Å². The summed E-state index contributed by atoms with van der Waals surface area (Å²) in [5.74, 6) is 1.37. The maximum atomic E-state index is 12.3. The van der Waals surface area contributed by atoms with Crippen LogP contribution < -0.4 is 15.8 Å². The number of carbonyl (C=O) groups is 1. The zero-order chi connectivity index (χ0) is 15.4. The van der Waals surface area contributed by atoms with E-state index in [0.717, 1.165) is 18.8 Å². The van der Waals surface area contributed by atoms with E-state index in [4.69, 9.17) is 10.5 Å². The fraction of sp³-hybridized carbons (Fsp3) is 0.588. The normalized spacial score (nSPS) is 22.1. The summed E-state index contributed by atoms with van der Waals surface area (Å²) in [6.07, 6.45) is 4.58. The van der Waals surface area contributed by atoms with Crippen molar-refractivity contribution < 1.29 is 9.53 Å². The van der Waals surface area contributed by atoms with E-state index in [1.165, 1.54) is 12.8 Å². The van der Waals surface area contributed by atoms with Crippen LogP contribution in [-0.2, 0) is 0 Å². The number of nitrogens with two attached hydrogens (primary N) is 1. The fourth-order valence-corrected chi connectivity index (χ4v) is 2.72. The van der Waals surface area contributed by atoms with Crippen LogP contribution in [0.3, 0.4) is 0 Å². The van der Waals surface area contributed by atoms with Crippen molar-refractivity contribution >= 4 is 11.6 Å². The van der Waals surface area contributed by atoms with Gasteiger partial charge >= 0.3 is 0 Å². The van der Waals surface area contributed by atoms with Crippen LogP contribution in [0.2, 0.25) is 0 Å². The number of nitrogen functional groups attached to an aromatic ring is 1. The van der Waals surface area contributed by atoms with Gasteiger partial charge in [0.15, 0.2) is 0 Å². The lowest BCUT2D eigenvalue weighted by atomic mass is 9.87. The minimum absolute atomic E-state index is 0.0441. The summed E-state index contributed by atoms with van der Waals surface area (Å²) in [6, 6.07) is 5.53. The van der Waals surface area contributed by atoms with Gasteiger partial charge in [0, 0.05) is 11.6 Å². The molecule has 0 heterocycles. The van der Waals surface area contributed by atoms with E-state index in [0.29, 0.717) is 23.0 Å². The number of carbonyl (C=O) groups excluding carboxylic acids is 1. The summed E-state index contributed by atoms with van der Waals surface area (Å²) >= 11 is 0. The largest absolute Gasteiger partial charge is 0.489 e. The average molecular weight is 290 g/mol. The summed E-state index contributed by atoms with van der Waals surface area (Å²) in [5, 5.41) is 3.11. The predicted molar refractivity (Wildman–Crippen MR) is 85.5 cm³/mol. The Bertz CT molecular complexity index is 492. The molecular formula is C17H26N2O2. The van der Waals surface area contributed by atoms with Crippen molar-refractivity contribution in [2.75, 3.05) is 5.73 Å². The van der Waals surface area contributed by atoms with Crippen LogP contribution in [0.1, 0.15) is 56.8 Å². The molecular weight excluding hydrogens is 264 g/mol. The summed E-state index contributed by atoms with van der Waals surface area (Å²) < 4.78 is 5.58. The van der Waals surface area contributed by atoms with Gasteiger partial charge in [0.05, 0.1) is 11.8 Å².